The minimum absolute atomic E-state index is 0.286. The zero-order valence-electron chi connectivity index (χ0n) is 9.57. The molecule has 0 unspecified atom stereocenters. The Hall–Kier alpha value is -0.920. The minimum atomic E-state index is -0.421. The summed E-state index contributed by atoms with van der Waals surface area (Å²) in [4.78, 5) is 10.4. The van der Waals surface area contributed by atoms with Gasteiger partial charge in [0.1, 0.15) is 6.10 Å². The number of benzene rings is 1. The predicted molar refractivity (Wildman–Crippen MR) is 74.1 cm³/mol. The second kappa shape index (κ2) is 6.86. The first-order valence-electron chi connectivity index (χ1n) is 5.53. The van der Waals surface area contributed by atoms with E-state index in [1.807, 2.05) is 40.5 Å². The number of carbonyl (C=O) groups is 1. The van der Waals surface area contributed by atoms with Gasteiger partial charge in [0.15, 0.2) is 12.4 Å². The molecule has 1 heterocycles. The van der Waals surface area contributed by atoms with Crippen LogP contribution in [0.5, 0.6) is 0 Å². The smallest absolute Gasteiger partial charge is 0.293 e. The second-order valence-electron chi connectivity index (χ2n) is 3.77. The van der Waals surface area contributed by atoms with Gasteiger partial charge in [-0.1, -0.05) is 52.9 Å². The molecule has 0 aromatic heterocycles. The average Bonchev–Trinajstić information content (AvgIpc) is 2.42. The molecular formula is C13H13IO4. The maximum absolute atomic E-state index is 10.4. The van der Waals surface area contributed by atoms with Crippen molar-refractivity contribution < 1.29 is 19.0 Å². The molecule has 4 nitrogen and oxygen atoms in total. The Morgan fingerprint density at radius 1 is 1.33 bits per heavy atom. The largest absolute Gasteiger partial charge is 0.459 e. The third kappa shape index (κ3) is 3.30. The lowest BCUT2D eigenvalue weighted by molar-refractivity contribution is -0.247. The van der Waals surface area contributed by atoms with E-state index < -0.39 is 12.4 Å². The molecule has 3 atom stereocenters. The average molecular weight is 360 g/mol. The van der Waals surface area contributed by atoms with E-state index in [4.69, 9.17) is 14.2 Å². The van der Waals surface area contributed by atoms with Crippen LogP contribution in [-0.4, -0.2) is 25.3 Å². The van der Waals surface area contributed by atoms with Crippen molar-refractivity contribution in [2.24, 2.45) is 0 Å². The van der Waals surface area contributed by atoms with Crippen LogP contribution in [0.25, 0.3) is 0 Å². The Labute approximate surface area is 119 Å². The third-order valence-electron chi connectivity index (χ3n) is 2.62. The van der Waals surface area contributed by atoms with Crippen molar-refractivity contribution in [2.75, 3.05) is 6.61 Å². The molecule has 0 amide bonds. The summed E-state index contributed by atoms with van der Waals surface area (Å²) in [6.45, 7) is 0.748. The van der Waals surface area contributed by atoms with Gasteiger partial charge in [0.2, 0.25) is 0 Å². The molecule has 0 N–H and O–H groups in total. The second-order valence-corrected chi connectivity index (χ2v) is 4.49. The molecule has 1 fully saturated rings. The van der Waals surface area contributed by atoms with Crippen molar-refractivity contribution in [3.05, 3.63) is 46.1 Å². The van der Waals surface area contributed by atoms with E-state index in [2.05, 4.69) is 22.6 Å². The Morgan fingerprint density at radius 3 is 2.78 bits per heavy atom. The molecule has 1 aromatic rings. The van der Waals surface area contributed by atoms with Crippen LogP contribution in [0.1, 0.15) is 11.9 Å². The van der Waals surface area contributed by atoms with E-state index >= 15 is 0 Å². The maximum atomic E-state index is 10.4. The van der Waals surface area contributed by atoms with Gasteiger partial charge in [-0.25, -0.2) is 0 Å². The fourth-order valence-electron chi connectivity index (χ4n) is 1.76. The van der Waals surface area contributed by atoms with E-state index in [9.17, 15) is 4.79 Å². The van der Waals surface area contributed by atoms with Gasteiger partial charge < -0.3 is 14.2 Å². The third-order valence-corrected chi connectivity index (χ3v) is 3.04. The minimum Gasteiger partial charge on any atom is -0.459 e. The molecule has 1 saturated heterocycles. The standard InChI is InChI=1S/C13H13IO4/c14-7-6-11-12(17-9-15)8-16-13(18-11)10-4-2-1-3-5-10/h1-7,9,11-13H,8H2/b7-6-/t11-,12+,13+/m0/s1. The topological polar surface area (TPSA) is 44.8 Å². The molecule has 0 spiro atoms. The zero-order valence-corrected chi connectivity index (χ0v) is 11.7. The summed E-state index contributed by atoms with van der Waals surface area (Å²) in [6, 6.07) is 9.68. The first-order valence-corrected chi connectivity index (χ1v) is 6.77. The number of hydrogen-bond donors (Lipinski definition) is 0. The summed E-state index contributed by atoms with van der Waals surface area (Å²) >= 11 is 2.10. The maximum Gasteiger partial charge on any atom is 0.293 e. The number of hydrogen-bond acceptors (Lipinski definition) is 4. The highest BCUT2D eigenvalue weighted by molar-refractivity contribution is 14.1. The van der Waals surface area contributed by atoms with Gasteiger partial charge in [-0.2, -0.15) is 0 Å². The van der Waals surface area contributed by atoms with E-state index in [0.717, 1.165) is 5.56 Å². The van der Waals surface area contributed by atoms with Crippen molar-refractivity contribution >= 4 is 29.1 Å². The van der Waals surface area contributed by atoms with Gasteiger partial charge in [0, 0.05) is 5.56 Å². The van der Waals surface area contributed by atoms with Crippen LogP contribution >= 0.6 is 22.6 Å². The monoisotopic (exact) mass is 360 g/mol. The molecule has 18 heavy (non-hydrogen) atoms. The van der Waals surface area contributed by atoms with Crippen LogP contribution in [-0.2, 0) is 19.0 Å². The Kier molecular flexibility index (Phi) is 5.15. The van der Waals surface area contributed by atoms with Gasteiger partial charge in [-0.15, -0.1) is 0 Å². The molecule has 96 valence electrons. The summed E-state index contributed by atoms with van der Waals surface area (Å²) in [6.07, 6.45) is 0.752. The van der Waals surface area contributed by atoms with Crippen LogP contribution in [0.2, 0.25) is 0 Å². The summed E-state index contributed by atoms with van der Waals surface area (Å²) in [5.41, 5.74) is 0.953. The van der Waals surface area contributed by atoms with Crippen LogP contribution in [0.4, 0.5) is 0 Å². The molecule has 2 rings (SSSR count). The van der Waals surface area contributed by atoms with Crippen molar-refractivity contribution in [3.8, 4) is 0 Å². The van der Waals surface area contributed by atoms with E-state index in [0.29, 0.717) is 13.1 Å². The number of ether oxygens (including phenoxy) is 3. The van der Waals surface area contributed by atoms with E-state index in [1.165, 1.54) is 0 Å². The predicted octanol–water partition coefficient (Wildman–Crippen LogP) is 2.59. The van der Waals surface area contributed by atoms with Crippen molar-refractivity contribution in [1.29, 1.82) is 0 Å². The lowest BCUT2D eigenvalue weighted by atomic mass is 10.1. The molecule has 1 aliphatic heterocycles. The summed E-state index contributed by atoms with van der Waals surface area (Å²) in [5, 5.41) is 0. The van der Waals surface area contributed by atoms with E-state index in [1.54, 1.807) is 0 Å². The van der Waals surface area contributed by atoms with Crippen LogP contribution in [0.15, 0.2) is 40.5 Å². The molecule has 1 aliphatic rings. The summed E-state index contributed by atoms with van der Waals surface area (Å²) < 4.78 is 18.1. The fourth-order valence-corrected chi connectivity index (χ4v) is 2.17. The lowest BCUT2D eigenvalue weighted by Gasteiger charge is -2.33. The molecule has 1 aromatic carbocycles. The first-order chi connectivity index (χ1) is 8.85. The Bertz CT molecular complexity index is 407. The number of carbonyl (C=O) groups excluding carboxylic acids is 1. The highest BCUT2D eigenvalue weighted by Gasteiger charge is 2.32. The lowest BCUT2D eigenvalue weighted by Crippen LogP contribution is -2.40. The highest BCUT2D eigenvalue weighted by atomic mass is 127. The van der Waals surface area contributed by atoms with Gasteiger partial charge in [-0.3, -0.25) is 4.79 Å². The van der Waals surface area contributed by atoms with Crippen molar-refractivity contribution in [1.82, 2.24) is 0 Å². The molecule has 0 saturated carbocycles. The van der Waals surface area contributed by atoms with E-state index in [-0.39, 0.29) is 6.10 Å². The molecule has 0 radical (unpaired) electrons. The Balaban J connectivity index is 2.08. The van der Waals surface area contributed by atoms with Gasteiger partial charge in [0.25, 0.3) is 6.47 Å². The molecule has 0 aliphatic carbocycles. The van der Waals surface area contributed by atoms with Crippen LogP contribution < -0.4 is 0 Å². The molecular weight excluding hydrogens is 347 g/mol. The number of halogens is 1. The first kappa shape index (κ1) is 13.5. The molecule has 5 heteroatoms. The van der Waals surface area contributed by atoms with Crippen molar-refractivity contribution in [3.63, 3.8) is 0 Å². The highest BCUT2D eigenvalue weighted by Crippen LogP contribution is 2.28. The SMILES string of the molecule is O=CO[C@@H]1CO[C@@H](c2ccccc2)O[C@H]1/C=C\I. The van der Waals surface area contributed by atoms with Gasteiger partial charge >= 0.3 is 0 Å². The summed E-state index contributed by atoms with van der Waals surface area (Å²) in [5.74, 6) is 0. The van der Waals surface area contributed by atoms with Gasteiger partial charge in [-0.05, 0) is 10.2 Å². The normalized spacial score (nSPS) is 28.2. The quantitative estimate of drug-likeness (QED) is 0.612. The fraction of sp³-hybridized carbons (Fsp3) is 0.308. The van der Waals surface area contributed by atoms with Gasteiger partial charge in [0.05, 0.1) is 6.61 Å². The zero-order chi connectivity index (χ0) is 12.8. The van der Waals surface area contributed by atoms with Crippen molar-refractivity contribution in [2.45, 2.75) is 18.5 Å². The van der Waals surface area contributed by atoms with Crippen LogP contribution in [0, 0.1) is 0 Å². The number of rotatable bonds is 4. The summed E-state index contributed by atoms with van der Waals surface area (Å²) in [7, 11) is 0. The molecule has 0 bridgehead atoms. The Morgan fingerprint density at radius 2 is 2.11 bits per heavy atom. The van der Waals surface area contributed by atoms with Crippen LogP contribution in [0.3, 0.4) is 0 Å².